The van der Waals surface area contributed by atoms with Crippen molar-refractivity contribution in [2.24, 2.45) is 17.3 Å². The molecule has 3 aliphatic rings. The van der Waals surface area contributed by atoms with Crippen LogP contribution in [0.5, 0.6) is 0 Å². The number of hydrogen-bond acceptors (Lipinski definition) is 2. The van der Waals surface area contributed by atoms with Crippen LogP contribution in [0.15, 0.2) is 0 Å². The maximum absolute atomic E-state index is 3.41. The Balaban J connectivity index is 1.49. The molecule has 1 aliphatic carbocycles. The molecule has 2 saturated heterocycles. The van der Waals surface area contributed by atoms with Gasteiger partial charge in [-0.15, -0.1) is 0 Å². The molecule has 3 fully saturated rings. The van der Waals surface area contributed by atoms with Gasteiger partial charge in [0, 0.05) is 19.1 Å². The quantitative estimate of drug-likeness (QED) is 0.810. The van der Waals surface area contributed by atoms with Crippen molar-refractivity contribution in [3.05, 3.63) is 0 Å². The van der Waals surface area contributed by atoms with Crippen LogP contribution in [0.4, 0.5) is 0 Å². The lowest BCUT2D eigenvalue weighted by molar-refractivity contribution is 0.0164. The minimum Gasteiger partial charge on any atom is -0.314 e. The van der Waals surface area contributed by atoms with Crippen LogP contribution < -0.4 is 5.32 Å². The number of likely N-dealkylation sites (tertiary alicyclic amines) is 1. The summed E-state index contributed by atoms with van der Waals surface area (Å²) in [6.07, 6.45) is 9.01. The second-order valence-corrected chi connectivity index (χ2v) is 7.43. The third-order valence-corrected chi connectivity index (χ3v) is 6.17. The lowest BCUT2D eigenvalue weighted by Gasteiger charge is -2.49. The first-order valence-electron chi connectivity index (χ1n) is 8.13. The highest BCUT2D eigenvalue weighted by Gasteiger charge is 2.40. The van der Waals surface area contributed by atoms with Crippen LogP contribution in [0.2, 0.25) is 0 Å². The Morgan fingerprint density at radius 2 is 1.61 bits per heavy atom. The van der Waals surface area contributed by atoms with Gasteiger partial charge in [-0.1, -0.05) is 13.8 Å². The summed E-state index contributed by atoms with van der Waals surface area (Å²) in [7, 11) is 0. The van der Waals surface area contributed by atoms with Gasteiger partial charge in [-0.25, -0.2) is 0 Å². The van der Waals surface area contributed by atoms with Gasteiger partial charge in [0.15, 0.2) is 0 Å². The van der Waals surface area contributed by atoms with Gasteiger partial charge in [0.25, 0.3) is 0 Å². The van der Waals surface area contributed by atoms with E-state index in [4.69, 9.17) is 0 Å². The highest BCUT2D eigenvalue weighted by atomic mass is 15.2. The Labute approximate surface area is 113 Å². The smallest absolute Gasteiger partial charge is 0.0345 e. The van der Waals surface area contributed by atoms with Gasteiger partial charge in [-0.3, -0.25) is 4.90 Å². The lowest BCUT2D eigenvalue weighted by Crippen LogP contribution is -2.59. The molecule has 2 aliphatic heterocycles. The molecule has 1 saturated carbocycles. The maximum atomic E-state index is 3.41. The summed E-state index contributed by atoms with van der Waals surface area (Å²) < 4.78 is 0. The normalized spacial score (nSPS) is 30.8. The van der Waals surface area contributed by atoms with Gasteiger partial charge < -0.3 is 5.32 Å². The highest BCUT2D eigenvalue weighted by molar-refractivity contribution is 4.94. The van der Waals surface area contributed by atoms with E-state index in [2.05, 4.69) is 24.1 Å². The minimum atomic E-state index is 0.749. The van der Waals surface area contributed by atoms with E-state index < -0.39 is 0 Å². The SMILES string of the molecule is CC(C)C1CCC2(CC1)CCN(C1CNC1)CC2. The van der Waals surface area contributed by atoms with E-state index in [0.29, 0.717) is 0 Å². The van der Waals surface area contributed by atoms with Gasteiger partial charge in [0.1, 0.15) is 0 Å². The second kappa shape index (κ2) is 5.13. The number of piperidine rings is 1. The van der Waals surface area contributed by atoms with E-state index in [1.807, 2.05) is 0 Å². The van der Waals surface area contributed by atoms with Crippen molar-refractivity contribution in [2.75, 3.05) is 26.2 Å². The molecular weight excluding hydrogens is 220 g/mol. The van der Waals surface area contributed by atoms with Crippen molar-refractivity contribution < 1.29 is 0 Å². The molecule has 0 aromatic carbocycles. The fourth-order valence-corrected chi connectivity index (χ4v) is 4.31. The van der Waals surface area contributed by atoms with Gasteiger partial charge in [-0.2, -0.15) is 0 Å². The summed E-state index contributed by atoms with van der Waals surface area (Å²) in [5.41, 5.74) is 0.749. The first-order valence-corrected chi connectivity index (χ1v) is 8.13. The largest absolute Gasteiger partial charge is 0.314 e. The zero-order chi connectivity index (χ0) is 12.6. The van der Waals surface area contributed by atoms with Crippen molar-refractivity contribution >= 4 is 0 Å². The summed E-state index contributed by atoms with van der Waals surface area (Å²) in [5.74, 6) is 1.92. The summed E-state index contributed by atoms with van der Waals surface area (Å²) in [6.45, 7) is 10.0. The molecule has 2 nitrogen and oxygen atoms in total. The zero-order valence-corrected chi connectivity index (χ0v) is 12.3. The number of rotatable bonds is 2. The summed E-state index contributed by atoms with van der Waals surface area (Å²) in [5, 5.41) is 3.41. The third kappa shape index (κ3) is 2.46. The standard InChI is InChI=1S/C16H30N2/c1-13(2)14-3-5-16(6-4-14)7-9-18(10-8-16)15-11-17-12-15/h13-15,17H,3-12H2,1-2H3. The molecule has 0 bridgehead atoms. The Bertz CT molecular complexity index is 265. The van der Waals surface area contributed by atoms with E-state index in [1.54, 1.807) is 0 Å². The predicted octanol–water partition coefficient (Wildman–Crippen LogP) is 2.89. The monoisotopic (exact) mass is 250 g/mol. The Hall–Kier alpha value is -0.0800. The average molecular weight is 250 g/mol. The summed E-state index contributed by atoms with van der Waals surface area (Å²) in [4.78, 5) is 2.75. The van der Waals surface area contributed by atoms with E-state index in [1.165, 1.54) is 64.7 Å². The van der Waals surface area contributed by atoms with Gasteiger partial charge >= 0.3 is 0 Å². The first-order chi connectivity index (χ1) is 8.69. The molecular formula is C16H30N2. The Morgan fingerprint density at radius 1 is 1.00 bits per heavy atom. The average Bonchev–Trinajstić information content (AvgIpc) is 2.31. The van der Waals surface area contributed by atoms with Crippen LogP contribution in [0.25, 0.3) is 0 Å². The molecule has 104 valence electrons. The summed E-state index contributed by atoms with van der Waals surface area (Å²) >= 11 is 0. The van der Waals surface area contributed by atoms with Crippen LogP contribution in [0.3, 0.4) is 0 Å². The molecule has 0 unspecified atom stereocenters. The van der Waals surface area contributed by atoms with Crippen LogP contribution >= 0.6 is 0 Å². The molecule has 18 heavy (non-hydrogen) atoms. The molecule has 1 spiro atoms. The van der Waals surface area contributed by atoms with E-state index >= 15 is 0 Å². The maximum Gasteiger partial charge on any atom is 0.0345 e. The number of nitrogens with zero attached hydrogens (tertiary/aromatic N) is 1. The molecule has 3 rings (SSSR count). The number of hydrogen-bond donors (Lipinski definition) is 1. The molecule has 1 N–H and O–H groups in total. The van der Waals surface area contributed by atoms with Crippen LogP contribution in [0, 0.1) is 17.3 Å². The molecule has 2 heteroatoms. The first kappa shape index (κ1) is 12.9. The van der Waals surface area contributed by atoms with Gasteiger partial charge in [0.05, 0.1) is 0 Å². The van der Waals surface area contributed by atoms with Crippen LogP contribution in [-0.4, -0.2) is 37.1 Å². The van der Waals surface area contributed by atoms with E-state index in [9.17, 15) is 0 Å². The van der Waals surface area contributed by atoms with Gasteiger partial charge in [0.2, 0.25) is 0 Å². The molecule has 0 radical (unpaired) electrons. The highest BCUT2D eigenvalue weighted by Crippen LogP contribution is 2.47. The summed E-state index contributed by atoms with van der Waals surface area (Å²) in [6, 6.07) is 0.870. The third-order valence-electron chi connectivity index (χ3n) is 6.17. The molecule has 2 heterocycles. The Morgan fingerprint density at radius 3 is 2.06 bits per heavy atom. The fraction of sp³-hybridized carbons (Fsp3) is 1.00. The Kier molecular flexibility index (Phi) is 3.68. The molecule has 0 atom stereocenters. The number of nitrogens with one attached hydrogen (secondary N) is 1. The van der Waals surface area contributed by atoms with Gasteiger partial charge in [-0.05, 0) is 68.9 Å². The molecule has 0 aromatic rings. The van der Waals surface area contributed by atoms with Crippen molar-refractivity contribution in [1.29, 1.82) is 0 Å². The second-order valence-electron chi connectivity index (χ2n) is 7.43. The van der Waals surface area contributed by atoms with Crippen molar-refractivity contribution in [2.45, 2.75) is 58.4 Å². The topological polar surface area (TPSA) is 15.3 Å². The minimum absolute atomic E-state index is 0.749. The molecule has 0 amide bonds. The lowest BCUT2D eigenvalue weighted by atomic mass is 9.63. The van der Waals surface area contributed by atoms with E-state index in [-0.39, 0.29) is 0 Å². The van der Waals surface area contributed by atoms with Crippen molar-refractivity contribution in [1.82, 2.24) is 10.2 Å². The van der Waals surface area contributed by atoms with Crippen molar-refractivity contribution in [3.63, 3.8) is 0 Å². The van der Waals surface area contributed by atoms with E-state index in [0.717, 1.165) is 23.3 Å². The predicted molar refractivity (Wildman–Crippen MR) is 76.7 cm³/mol. The fourth-order valence-electron chi connectivity index (χ4n) is 4.31. The molecule has 0 aromatic heterocycles. The zero-order valence-electron chi connectivity index (χ0n) is 12.3. The van der Waals surface area contributed by atoms with Crippen molar-refractivity contribution in [3.8, 4) is 0 Å². The van der Waals surface area contributed by atoms with Crippen LogP contribution in [-0.2, 0) is 0 Å². The van der Waals surface area contributed by atoms with Crippen LogP contribution in [0.1, 0.15) is 52.4 Å².